The number of carbonyl (C=O) groups is 1. The van der Waals surface area contributed by atoms with Crippen LogP contribution in [0.3, 0.4) is 0 Å². The number of aromatic nitrogens is 1. The lowest BCUT2D eigenvalue weighted by Gasteiger charge is -2.03. The topological polar surface area (TPSA) is 82.2 Å². The van der Waals surface area contributed by atoms with E-state index >= 15 is 0 Å². The predicted molar refractivity (Wildman–Crippen MR) is 51.3 cm³/mol. The molecule has 1 heterocycles. The standard InChI is InChI=1S/C9H10N2O3/c1-2-3-10-9(14)6-5-11-8(13)4-7(6)12/h2,4-5H,1,3H2,(H,10,14)(H2,11,12,13). The number of aromatic hydroxyl groups is 1. The lowest BCUT2D eigenvalue weighted by molar-refractivity contribution is 0.0955. The number of pyridine rings is 1. The number of aromatic amines is 1. The summed E-state index contributed by atoms with van der Waals surface area (Å²) < 4.78 is 0. The highest BCUT2D eigenvalue weighted by atomic mass is 16.3. The number of rotatable bonds is 3. The van der Waals surface area contributed by atoms with Gasteiger partial charge in [0.05, 0.1) is 5.56 Å². The van der Waals surface area contributed by atoms with E-state index < -0.39 is 11.5 Å². The Morgan fingerprint density at radius 1 is 1.71 bits per heavy atom. The van der Waals surface area contributed by atoms with Crippen molar-refractivity contribution in [1.82, 2.24) is 10.3 Å². The van der Waals surface area contributed by atoms with Gasteiger partial charge in [-0.2, -0.15) is 0 Å². The van der Waals surface area contributed by atoms with Gasteiger partial charge in [-0.15, -0.1) is 6.58 Å². The first-order chi connectivity index (χ1) is 6.65. The summed E-state index contributed by atoms with van der Waals surface area (Å²) in [6.45, 7) is 3.73. The van der Waals surface area contributed by atoms with Gasteiger partial charge >= 0.3 is 0 Å². The molecule has 0 atom stereocenters. The second-order valence-electron chi connectivity index (χ2n) is 2.59. The second kappa shape index (κ2) is 4.27. The molecule has 14 heavy (non-hydrogen) atoms. The minimum atomic E-state index is -0.460. The van der Waals surface area contributed by atoms with Crippen molar-refractivity contribution in [2.45, 2.75) is 0 Å². The molecule has 0 fully saturated rings. The van der Waals surface area contributed by atoms with Crippen molar-refractivity contribution < 1.29 is 9.90 Å². The molecule has 1 aromatic rings. The highest BCUT2D eigenvalue weighted by molar-refractivity contribution is 5.96. The Labute approximate surface area is 80.1 Å². The molecule has 0 aliphatic carbocycles. The van der Waals surface area contributed by atoms with E-state index in [1.54, 1.807) is 0 Å². The number of H-pyrrole nitrogens is 1. The van der Waals surface area contributed by atoms with E-state index in [-0.39, 0.29) is 11.3 Å². The molecule has 1 rings (SSSR count). The highest BCUT2D eigenvalue weighted by Crippen LogP contribution is 2.11. The zero-order valence-corrected chi connectivity index (χ0v) is 7.41. The largest absolute Gasteiger partial charge is 0.507 e. The molecule has 5 nitrogen and oxygen atoms in total. The van der Waals surface area contributed by atoms with Gasteiger partial charge in [0.15, 0.2) is 0 Å². The van der Waals surface area contributed by atoms with Crippen molar-refractivity contribution in [3.05, 3.63) is 40.8 Å². The Hall–Kier alpha value is -2.04. The number of amides is 1. The summed E-state index contributed by atoms with van der Waals surface area (Å²) >= 11 is 0. The Kier molecular flexibility index (Phi) is 3.06. The molecule has 0 radical (unpaired) electrons. The number of hydrogen-bond acceptors (Lipinski definition) is 3. The molecular formula is C9H10N2O3. The van der Waals surface area contributed by atoms with Crippen LogP contribution in [-0.4, -0.2) is 22.5 Å². The smallest absolute Gasteiger partial charge is 0.256 e. The molecule has 0 aliphatic heterocycles. The highest BCUT2D eigenvalue weighted by Gasteiger charge is 2.09. The Morgan fingerprint density at radius 2 is 2.43 bits per heavy atom. The molecule has 0 bridgehead atoms. The average Bonchev–Trinajstić information content (AvgIpc) is 2.14. The first-order valence-electron chi connectivity index (χ1n) is 3.96. The van der Waals surface area contributed by atoms with Gasteiger partial charge in [-0.3, -0.25) is 9.59 Å². The van der Waals surface area contributed by atoms with Crippen LogP contribution in [-0.2, 0) is 0 Å². The van der Waals surface area contributed by atoms with Crippen molar-refractivity contribution in [1.29, 1.82) is 0 Å². The van der Waals surface area contributed by atoms with Crippen LogP contribution in [0.5, 0.6) is 5.75 Å². The van der Waals surface area contributed by atoms with Crippen LogP contribution in [0.4, 0.5) is 0 Å². The van der Waals surface area contributed by atoms with Crippen LogP contribution in [0.15, 0.2) is 29.7 Å². The quantitative estimate of drug-likeness (QED) is 0.592. The molecule has 0 aromatic carbocycles. The van der Waals surface area contributed by atoms with Crippen molar-refractivity contribution in [2.24, 2.45) is 0 Å². The SMILES string of the molecule is C=CCNC(=O)c1c[nH]c(=O)cc1O. The van der Waals surface area contributed by atoms with E-state index in [2.05, 4.69) is 16.9 Å². The van der Waals surface area contributed by atoms with Gasteiger partial charge in [-0.25, -0.2) is 0 Å². The summed E-state index contributed by atoms with van der Waals surface area (Å²) in [6.07, 6.45) is 2.68. The maximum atomic E-state index is 11.3. The summed E-state index contributed by atoms with van der Waals surface area (Å²) in [4.78, 5) is 24.3. The molecule has 5 heteroatoms. The van der Waals surface area contributed by atoms with Gasteiger partial charge in [0.25, 0.3) is 11.5 Å². The first-order valence-corrected chi connectivity index (χ1v) is 3.96. The van der Waals surface area contributed by atoms with Gasteiger partial charge in [-0.05, 0) is 0 Å². The van der Waals surface area contributed by atoms with Crippen molar-refractivity contribution in [2.75, 3.05) is 6.54 Å². The lowest BCUT2D eigenvalue weighted by Crippen LogP contribution is -2.24. The zero-order chi connectivity index (χ0) is 10.6. The summed E-state index contributed by atoms with van der Waals surface area (Å²) in [5.74, 6) is -0.797. The summed E-state index contributed by atoms with van der Waals surface area (Å²) in [7, 11) is 0. The van der Waals surface area contributed by atoms with Crippen LogP contribution in [0.2, 0.25) is 0 Å². The lowest BCUT2D eigenvalue weighted by atomic mass is 10.2. The molecule has 0 spiro atoms. The maximum absolute atomic E-state index is 11.3. The van der Waals surface area contributed by atoms with Gasteiger partial charge < -0.3 is 15.4 Å². The molecule has 1 amide bonds. The summed E-state index contributed by atoms with van der Waals surface area (Å²) in [5.41, 5.74) is -0.422. The van der Waals surface area contributed by atoms with Crippen LogP contribution < -0.4 is 10.9 Å². The van der Waals surface area contributed by atoms with E-state index in [0.717, 1.165) is 12.3 Å². The first kappa shape index (κ1) is 10.0. The third-order valence-electron chi connectivity index (χ3n) is 1.55. The van der Waals surface area contributed by atoms with Crippen LogP contribution in [0.25, 0.3) is 0 Å². The minimum absolute atomic E-state index is 0.0338. The number of nitrogens with one attached hydrogen (secondary N) is 2. The predicted octanol–water partition coefficient (Wildman–Crippen LogP) is -0.00370. The monoisotopic (exact) mass is 194 g/mol. The third kappa shape index (κ3) is 2.22. The van der Waals surface area contributed by atoms with Crippen molar-refractivity contribution >= 4 is 5.91 Å². The molecule has 3 N–H and O–H groups in total. The van der Waals surface area contributed by atoms with Crippen molar-refractivity contribution in [3.8, 4) is 5.75 Å². The fourth-order valence-electron chi connectivity index (χ4n) is 0.903. The third-order valence-corrected chi connectivity index (χ3v) is 1.55. The number of hydrogen-bond donors (Lipinski definition) is 3. The maximum Gasteiger partial charge on any atom is 0.256 e. The normalized spacial score (nSPS) is 9.43. The fourth-order valence-corrected chi connectivity index (χ4v) is 0.903. The van der Waals surface area contributed by atoms with Crippen molar-refractivity contribution in [3.63, 3.8) is 0 Å². The van der Waals surface area contributed by atoms with E-state index in [0.29, 0.717) is 6.54 Å². The minimum Gasteiger partial charge on any atom is -0.507 e. The van der Waals surface area contributed by atoms with Gasteiger partial charge in [0.2, 0.25) is 0 Å². The Morgan fingerprint density at radius 3 is 3.00 bits per heavy atom. The van der Waals surface area contributed by atoms with Gasteiger partial charge in [0, 0.05) is 18.8 Å². The van der Waals surface area contributed by atoms with Gasteiger partial charge in [0.1, 0.15) is 5.75 Å². The molecule has 0 unspecified atom stereocenters. The van der Waals surface area contributed by atoms with E-state index in [9.17, 15) is 14.7 Å². The molecule has 0 saturated carbocycles. The molecule has 1 aromatic heterocycles. The second-order valence-corrected chi connectivity index (χ2v) is 2.59. The van der Waals surface area contributed by atoms with E-state index in [1.165, 1.54) is 6.08 Å². The molecule has 74 valence electrons. The molecule has 0 saturated heterocycles. The summed E-state index contributed by atoms with van der Waals surface area (Å²) in [6, 6.07) is 0.947. The zero-order valence-electron chi connectivity index (χ0n) is 7.41. The Balaban J connectivity index is 2.90. The number of carbonyl (C=O) groups excluding carboxylic acids is 1. The summed E-state index contributed by atoms with van der Waals surface area (Å²) in [5, 5.41) is 11.7. The van der Waals surface area contributed by atoms with Crippen LogP contribution in [0, 0.1) is 0 Å². The van der Waals surface area contributed by atoms with Gasteiger partial charge in [-0.1, -0.05) is 6.08 Å². The Bertz CT molecular complexity index is 409. The molecular weight excluding hydrogens is 184 g/mol. The average molecular weight is 194 g/mol. The van der Waals surface area contributed by atoms with E-state index in [4.69, 9.17) is 0 Å². The molecule has 0 aliphatic rings. The van der Waals surface area contributed by atoms with E-state index in [1.807, 2.05) is 0 Å². The fraction of sp³-hybridized carbons (Fsp3) is 0.111. The van der Waals surface area contributed by atoms with Crippen LogP contribution in [0.1, 0.15) is 10.4 Å². The van der Waals surface area contributed by atoms with Crippen LogP contribution >= 0.6 is 0 Å².